The van der Waals surface area contributed by atoms with E-state index in [1.807, 2.05) is 0 Å². The van der Waals surface area contributed by atoms with Crippen molar-refractivity contribution in [1.29, 1.82) is 0 Å². The van der Waals surface area contributed by atoms with E-state index >= 15 is 0 Å². The van der Waals surface area contributed by atoms with E-state index < -0.39 is 9.85 Å². The molecule has 0 radical (unpaired) electrons. The Kier molecular flexibility index (Phi) is 5.24. The van der Waals surface area contributed by atoms with Gasteiger partial charge in [-0.3, -0.25) is 20.2 Å². The fourth-order valence-electron chi connectivity index (χ4n) is 2.11. The van der Waals surface area contributed by atoms with Crippen LogP contribution in [0.25, 0.3) is 0 Å². The van der Waals surface area contributed by atoms with Gasteiger partial charge in [0, 0.05) is 11.3 Å². The lowest BCUT2D eigenvalue weighted by Gasteiger charge is -2.19. The maximum Gasteiger partial charge on any atom is 0.290 e. The Labute approximate surface area is 124 Å². The van der Waals surface area contributed by atoms with Crippen molar-refractivity contribution in [2.24, 2.45) is 0 Å². The van der Waals surface area contributed by atoms with Crippen molar-refractivity contribution in [2.75, 3.05) is 0 Å². The van der Waals surface area contributed by atoms with Gasteiger partial charge in [0.25, 0.3) is 11.4 Å². The van der Waals surface area contributed by atoms with Crippen LogP contribution >= 0.6 is 21.6 Å². The van der Waals surface area contributed by atoms with Gasteiger partial charge in [-0.05, 0) is 18.9 Å². The average Bonchev–Trinajstić information content (AvgIpc) is 2.45. The fraction of sp³-hybridized carbons (Fsp3) is 0.500. The van der Waals surface area contributed by atoms with Crippen LogP contribution in [0.1, 0.15) is 32.1 Å². The van der Waals surface area contributed by atoms with Gasteiger partial charge in [0.2, 0.25) is 0 Å². The molecule has 108 valence electrons. The van der Waals surface area contributed by atoms with Gasteiger partial charge in [0.05, 0.1) is 20.8 Å². The largest absolute Gasteiger partial charge is 0.290 e. The van der Waals surface area contributed by atoms with E-state index in [0.29, 0.717) is 10.1 Å². The van der Waals surface area contributed by atoms with Crippen molar-refractivity contribution in [2.45, 2.75) is 42.2 Å². The summed E-state index contributed by atoms with van der Waals surface area (Å²) in [6.07, 6.45) is 5.96. The van der Waals surface area contributed by atoms with Crippen LogP contribution in [0.3, 0.4) is 0 Å². The summed E-state index contributed by atoms with van der Waals surface area (Å²) in [5.41, 5.74) is -0.434. The van der Waals surface area contributed by atoms with Crippen LogP contribution < -0.4 is 0 Å². The minimum atomic E-state index is -0.615. The monoisotopic (exact) mass is 314 g/mol. The highest BCUT2D eigenvalue weighted by molar-refractivity contribution is 8.77. The summed E-state index contributed by atoms with van der Waals surface area (Å²) < 4.78 is 0. The topological polar surface area (TPSA) is 86.3 Å². The number of non-ortho nitro benzene ring substituents is 1. The van der Waals surface area contributed by atoms with Crippen molar-refractivity contribution in [1.82, 2.24) is 0 Å². The van der Waals surface area contributed by atoms with Crippen LogP contribution in [0.5, 0.6) is 0 Å². The summed E-state index contributed by atoms with van der Waals surface area (Å²) in [5, 5.41) is 22.2. The van der Waals surface area contributed by atoms with Crippen molar-refractivity contribution in [3.05, 3.63) is 38.4 Å². The molecule has 0 amide bonds. The first-order valence-corrected chi connectivity index (χ1v) is 8.55. The molecule has 0 bridgehead atoms. The highest BCUT2D eigenvalue weighted by Gasteiger charge is 2.22. The number of hydrogen-bond donors (Lipinski definition) is 0. The van der Waals surface area contributed by atoms with E-state index in [1.54, 1.807) is 10.8 Å². The molecule has 0 saturated heterocycles. The molecular weight excluding hydrogens is 300 g/mol. The number of rotatable bonds is 5. The molecule has 0 heterocycles. The lowest BCUT2D eigenvalue weighted by atomic mass is 10.0. The molecule has 1 aromatic carbocycles. The minimum absolute atomic E-state index is 0.187. The smallest absolute Gasteiger partial charge is 0.258 e. The Balaban J connectivity index is 2.09. The first-order chi connectivity index (χ1) is 9.58. The maximum atomic E-state index is 11.0. The first kappa shape index (κ1) is 15.1. The van der Waals surface area contributed by atoms with Crippen LogP contribution in [0, 0.1) is 20.2 Å². The van der Waals surface area contributed by atoms with Crippen molar-refractivity contribution < 1.29 is 9.85 Å². The molecule has 0 N–H and O–H groups in total. The maximum absolute atomic E-state index is 11.0. The van der Waals surface area contributed by atoms with Crippen molar-refractivity contribution in [3.63, 3.8) is 0 Å². The second kappa shape index (κ2) is 6.94. The number of hydrogen-bond acceptors (Lipinski definition) is 6. The predicted octanol–water partition coefficient (Wildman–Crippen LogP) is 4.58. The molecule has 0 aromatic heterocycles. The molecule has 0 atom stereocenters. The van der Waals surface area contributed by atoms with Crippen LogP contribution in [-0.2, 0) is 0 Å². The summed E-state index contributed by atoms with van der Waals surface area (Å²) in [7, 11) is 2.99. The second-order valence-electron chi connectivity index (χ2n) is 4.61. The molecule has 1 saturated carbocycles. The van der Waals surface area contributed by atoms with Gasteiger partial charge in [0.15, 0.2) is 0 Å². The lowest BCUT2D eigenvalue weighted by molar-refractivity contribution is -0.396. The van der Waals surface area contributed by atoms with Crippen molar-refractivity contribution in [3.8, 4) is 0 Å². The Hall–Kier alpha value is -1.28. The normalized spacial score (nSPS) is 16.0. The van der Waals surface area contributed by atoms with E-state index in [4.69, 9.17) is 0 Å². The molecule has 1 aliphatic rings. The number of nitrogens with zero attached hydrogens (tertiary/aromatic N) is 2. The van der Waals surface area contributed by atoms with E-state index in [2.05, 4.69) is 0 Å². The Morgan fingerprint density at radius 1 is 1.05 bits per heavy atom. The van der Waals surface area contributed by atoms with Crippen LogP contribution in [0.15, 0.2) is 23.1 Å². The SMILES string of the molecule is O=[N+]([O-])c1ccc(SSC2CCCCC2)c([N+](=O)[O-])c1. The molecule has 8 heteroatoms. The highest BCUT2D eigenvalue weighted by Crippen LogP contribution is 2.44. The first-order valence-electron chi connectivity index (χ1n) is 6.34. The van der Waals surface area contributed by atoms with Gasteiger partial charge in [0.1, 0.15) is 0 Å². The zero-order chi connectivity index (χ0) is 14.5. The molecule has 0 unspecified atom stereocenters. The van der Waals surface area contributed by atoms with E-state index in [-0.39, 0.29) is 11.4 Å². The standard InChI is InChI=1S/C12H14N2O4S2/c15-13(16)9-6-7-12(11(8-9)14(17)18)20-19-10-4-2-1-3-5-10/h6-8,10H,1-5H2. The van der Waals surface area contributed by atoms with E-state index in [0.717, 1.165) is 18.9 Å². The molecule has 20 heavy (non-hydrogen) atoms. The molecule has 2 rings (SSSR count). The van der Waals surface area contributed by atoms with E-state index in [9.17, 15) is 20.2 Å². The third kappa shape index (κ3) is 3.86. The third-order valence-corrected chi connectivity index (χ3v) is 6.18. The van der Waals surface area contributed by atoms with E-state index in [1.165, 1.54) is 42.2 Å². The summed E-state index contributed by atoms with van der Waals surface area (Å²) in [6, 6.07) is 3.82. The van der Waals surface area contributed by atoms with Crippen LogP contribution in [0.2, 0.25) is 0 Å². The minimum Gasteiger partial charge on any atom is -0.258 e. The molecule has 1 fully saturated rings. The van der Waals surface area contributed by atoms with Gasteiger partial charge in [-0.1, -0.05) is 40.9 Å². The van der Waals surface area contributed by atoms with Gasteiger partial charge >= 0.3 is 0 Å². The Morgan fingerprint density at radius 2 is 1.75 bits per heavy atom. The quantitative estimate of drug-likeness (QED) is 0.449. The van der Waals surface area contributed by atoms with Crippen molar-refractivity contribution >= 4 is 33.0 Å². The number of nitro groups is 2. The summed E-state index contributed by atoms with van der Waals surface area (Å²) in [4.78, 5) is 21.0. The fourth-order valence-corrected chi connectivity index (χ4v) is 4.94. The lowest BCUT2D eigenvalue weighted by Crippen LogP contribution is -2.06. The Bertz CT molecular complexity index is 518. The number of benzene rings is 1. The molecule has 0 aliphatic heterocycles. The van der Waals surface area contributed by atoms with Gasteiger partial charge < -0.3 is 0 Å². The molecule has 6 nitrogen and oxygen atoms in total. The molecular formula is C12H14N2O4S2. The van der Waals surface area contributed by atoms with Gasteiger partial charge in [-0.2, -0.15) is 0 Å². The summed E-state index contributed by atoms with van der Waals surface area (Å²) >= 11 is 0. The predicted molar refractivity (Wildman–Crippen MR) is 80.1 cm³/mol. The number of nitro benzene ring substituents is 2. The van der Waals surface area contributed by atoms with Crippen LogP contribution in [-0.4, -0.2) is 15.1 Å². The zero-order valence-corrected chi connectivity index (χ0v) is 12.3. The molecule has 0 spiro atoms. The zero-order valence-electron chi connectivity index (χ0n) is 10.7. The average molecular weight is 314 g/mol. The molecule has 1 aromatic rings. The summed E-state index contributed by atoms with van der Waals surface area (Å²) in [6.45, 7) is 0. The molecule has 1 aliphatic carbocycles. The third-order valence-electron chi connectivity index (χ3n) is 3.18. The van der Waals surface area contributed by atoms with Gasteiger partial charge in [-0.25, -0.2) is 0 Å². The van der Waals surface area contributed by atoms with Gasteiger partial charge in [-0.15, -0.1) is 0 Å². The summed E-state index contributed by atoms with van der Waals surface area (Å²) in [5.74, 6) is 0. The Morgan fingerprint density at radius 3 is 2.35 bits per heavy atom. The van der Waals surface area contributed by atoms with Crippen LogP contribution in [0.4, 0.5) is 11.4 Å². The highest BCUT2D eigenvalue weighted by atomic mass is 33.1. The second-order valence-corrected chi connectivity index (χ2v) is 7.15.